The minimum absolute atomic E-state index is 0.323. The molecule has 4 heteroatoms. The van der Waals surface area contributed by atoms with E-state index in [0.29, 0.717) is 11.3 Å². The quantitative estimate of drug-likeness (QED) is 0.183. The summed E-state index contributed by atoms with van der Waals surface area (Å²) >= 11 is 0. The van der Waals surface area contributed by atoms with Gasteiger partial charge in [0.1, 0.15) is 5.82 Å². The summed E-state index contributed by atoms with van der Waals surface area (Å²) in [6, 6.07) is 51.0. The number of rotatable bonds is 5. The molecule has 47 heavy (non-hydrogen) atoms. The molecule has 222 valence electrons. The van der Waals surface area contributed by atoms with Crippen molar-refractivity contribution in [1.29, 1.82) is 5.26 Å². The van der Waals surface area contributed by atoms with E-state index in [4.69, 9.17) is 0 Å². The molecular formula is C43H28FN3. The molecular weight excluding hydrogens is 577 g/mol. The van der Waals surface area contributed by atoms with Crippen molar-refractivity contribution in [3.8, 4) is 17.2 Å². The first kappa shape index (κ1) is 27.2. The lowest BCUT2D eigenvalue weighted by Crippen LogP contribution is -2.14. The molecule has 0 atom stereocenters. The molecule has 0 bridgehead atoms. The van der Waals surface area contributed by atoms with Crippen LogP contribution in [-0.4, -0.2) is 6.54 Å². The van der Waals surface area contributed by atoms with Crippen LogP contribution in [0.2, 0.25) is 0 Å². The van der Waals surface area contributed by atoms with Gasteiger partial charge in [-0.2, -0.15) is 5.26 Å². The Labute approximate surface area is 272 Å². The van der Waals surface area contributed by atoms with Gasteiger partial charge in [-0.15, -0.1) is 0 Å². The SMILES string of the molecule is N#Cc1ccc(N(c2ccc(-c3ccccc3)cc2F)c2ccc3ccc4c(N5CCc6ccccc65)ccc5ccc2c3c54)cc1. The maximum Gasteiger partial charge on any atom is 0.147 e. The molecule has 8 aromatic rings. The van der Waals surface area contributed by atoms with Crippen LogP contribution in [0.1, 0.15) is 11.1 Å². The number of hydrogen-bond donors (Lipinski definition) is 0. The van der Waals surface area contributed by atoms with Crippen LogP contribution in [0.5, 0.6) is 0 Å². The topological polar surface area (TPSA) is 30.3 Å². The summed E-state index contributed by atoms with van der Waals surface area (Å²) in [6.45, 7) is 0.944. The maximum atomic E-state index is 16.3. The Morgan fingerprint density at radius 1 is 0.596 bits per heavy atom. The monoisotopic (exact) mass is 605 g/mol. The Bertz CT molecular complexity index is 2500. The molecule has 0 aliphatic carbocycles. The number of nitrogens with zero attached hydrogens (tertiary/aromatic N) is 3. The summed E-state index contributed by atoms with van der Waals surface area (Å²) in [5, 5.41) is 16.4. The van der Waals surface area contributed by atoms with Crippen molar-refractivity contribution in [3.63, 3.8) is 0 Å². The van der Waals surface area contributed by atoms with Crippen LogP contribution >= 0.6 is 0 Å². The van der Waals surface area contributed by atoms with Crippen LogP contribution in [0, 0.1) is 17.1 Å². The fourth-order valence-electron chi connectivity index (χ4n) is 7.38. The standard InChI is InChI=1S/C43H28FN3/c44-37-26-33(29-6-2-1-3-7-29)16-23-41(37)47(34-17-10-28(27-45)11-18-34)40-22-15-32-12-19-35-39(46-25-24-30-8-4-5-9-38(30)46)21-14-31-13-20-36(40)43(32)42(31)35/h1-23,26H,24-25H2. The molecule has 1 heterocycles. The van der Waals surface area contributed by atoms with Crippen LogP contribution in [0.25, 0.3) is 43.4 Å². The molecule has 3 nitrogen and oxygen atoms in total. The van der Waals surface area contributed by atoms with Gasteiger partial charge in [0.05, 0.1) is 23.0 Å². The molecule has 9 rings (SSSR count). The van der Waals surface area contributed by atoms with Gasteiger partial charge >= 0.3 is 0 Å². The molecule has 0 N–H and O–H groups in total. The first-order valence-corrected chi connectivity index (χ1v) is 15.9. The summed E-state index contributed by atoms with van der Waals surface area (Å²) in [5.41, 5.74) is 8.27. The van der Waals surface area contributed by atoms with Crippen molar-refractivity contribution in [2.24, 2.45) is 0 Å². The molecule has 0 unspecified atom stereocenters. The Hall–Kier alpha value is -6.18. The zero-order valence-corrected chi connectivity index (χ0v) is 25.5. The van der Waals surface area contributed by atoms with Crippen LogP contribution in [0.3, 0.4) is 0 Å². The largest absolute Gasteiger partial charge is 0.340 e. The van der Waals surface area contributed by atoms with Crippen molar-refractivity contribution in [3.05, 3.63) is 163 Å². The third-order valence-corrected chi connectivity index (χ3v) is 9.59. The predicted molar refractivity (Wildman–Crippen MR) is 192 cm³/mol. The van der Waals surface area contributed by atoms with E-state index in [1.54, 1.807) is 18.2 Å². The van der Waals surface area contributed by atoms with E-state index in [1.807, 2.05) is 59.5 Å². The van der Waals surface area contributed by atoms with E-state index in [-0.39, 0.29) is 5.82 Å². The van der Waals surface area contributed by atoms with Crippen LogP contribution in [0.4, 0.5) is 32.8 Å². The minimum atomic E-state index is -0.323. The number of fused-ring (bicyclic) bond motifs is 1. The third kappa shape index (κ3) is 4.32. The second kappa shape index (κ2) is 10.7. The fourth-order valence-corrected chi connectivity index (χ4v) is 7.38. The van der Waals surface area contributed by atoms with Gasteiger partial charge in [0.2, 0.25) is 0 Å². The lowest BCUT2D eigenvalue weighted by atomic mass is 9.92. The summed E-state index contributed by atoms with van der Waals surface area (Å²) in [6.07, 6.45) is 1.02. The van der Waals surface area contributed by atoms with Gasteiger partial charge < -0.3 is 9.80 Å². The minimum Gasteiger partial charge on any atom is -0.340 e. The van der Waals surface area contributed by atoms with E-state index >= 15 is 4.39 Å². The van der Waals surface area contributed by atoms with Gasteiger partial charge in [-0.3, -0.25) is 0 Å². The smallest absolute Gasteiger partial charge is 0.147 e. The molecule has 0 saturated heterocycles. The highest BCUT2D eigenvalue weighted by molar-refractivity contribution is 6.28. The first-order valence-electron chi connectivity index (χ1n) is 15.9. The molecule has 0 radical (unpaired) electrons. The number of nitriles is 1. The molecule has 0 saturated carbocycles. The Morgan fingerprint density at radius 2 is 1.28 bits per heavy atom. The van der Waals surface area contributed by atoms with Crippen LogP contribution < -0.4 is 9.80 Å². The van der Waals surface area contributed by atoms with Crippen molar-refractivity contribution in [2.45, 2.75) is 6.42 Å². The molecule has 0 fully saturated rings. The Balaban J connectivity index is 1.27. The number of hydrogen-bond acceptors (Lipinski definition) is 3. The number of anilines is 5. The normalized spacial score (nSPS) is 12.6. The number of para-hydroxylation sites is 1. The summed E-state index contributed by atoms with van der Waals surface area (Å²) in [4.78, 5) is 4.42. The Kier molecular flexibility index (Phi) is 6.19. The molecule has 8 aromatic carbocycles. The average Bonchev–Trinajstić information content (AvgIpc) is 3.56. The number of halogens is 1. The molecule has 0 spiro atoms. The fraction of sp³-hybridized carbons (Fsp3) is 0.0465. The van der Waals surface area contributed by atoms with Gasteiger partial charge in [0.15, 0.2) is 0 Å². The van der Waals surface area contributed by atoms with E-state index < -0.39 is 0 Å². The molecule has 0 aromatic heterocycles. The third-order valence-electron chi connectivity index (χ3n) is 9.59. The second-order valence-corrected chi connectivity index (χ2v) is 12.1. The predicted octanol–water partition coefficient (Wildman–Crippen LogP) is 11.4. The van der Waals surface area contributed by atoms with Gasteiger partial charge in [-0.1, -0.05) is 91.0 Å². The molecule has 0 amide bonds. The van der Waals surface area contributed by atoms with Gasteiger partial charge in [0.25, 0.3) is 0 Å². The lowest BCUT2D eigenvalue weighted by Gasteiger charge is -2.28. The lowest BCUT2D eigenvalue weighted by molar-refractivity contribution is 0.629. The van der Waals surface area contributed by atoms with Gasteiger partial charge in [-0.05, 0) is 99.3 Å². The van der Waals surface area contributed by atoms with Gasteiger partial charge in [0, 0.05) is 34.4 Å². The summed E-state index contributed by atoms with van der Waals surface area (Å²) in [7, 11) is 0. The van der Waals surface area contributed by atoms with Crippen LogP contribution in [0.15, 0.2) is 146 Å². The van der Waals surface area contributed by atoms with E-state index in [0.717, 1.165) is 51.6 Å². The molecule has 1 aliphatic rings. The number of benzene rings is 8. The zero-order valence-electron chi connectivity index (χ0n) is 25.5. The molecule has 1 aliphatic heterocycles. The highest BCUT2D eigenvalue weighted by Gasteiger charge is 2.25. The Morgan fingerprint density at radius 3 is 2.06 bits per heavy atom. The van der Waals surface area contributed by atoms with Crippen molar-refractivity contribution >= 4 is 60.8 Å². The highest BCUT2D eigenvalue weighted by Crippen LogP contribution is 2.47. The van der Waals surface area contributed by atoms with E-state index in [9.17, 15) is 5.26 Å². The van der Waals surface area contributed by atoms with Crippen molar-refractivity contribution in [2.75, 3.05) is 16.3 Å². The highest BCUT2D eigenvalue weighted by atomic mass is 19.1. The van der Waals surface area contributed by atoms with E-state index in [1.165, 1.54) is 33.1 Å². The van der Waals surface area contributed by atoms with Crippen molar-refractivity contribution < 1.29 is 4.39 Å². The van der Waals surface area contributed by atoms with E-state index in [2.05, 4.69) is 83.8 Å². The second-order valence-electron chi connectivity index (χ2n) is 12.1. The first-order chi connectivity index (χ1) is 23.2. The summed E-state index contributed by atoms with van der Waals surface area (Å²) < 4.78 is 16.3. The maximum absolute atomic E-state index is 16.3. The average molecular weight is 606 g/mol. The van der Waals surface area contributed by atoms with Crippen molar-refractivity contribution in [1.82, 2.24) is 0 Å². The van der Waals surface area contributed by atoms with Crippen LogP contribution in [-0.2, 0) is 6.42 Å². The van der Waals surface area contributed by atoms with Gasteiger partial charge in [-0.25, -0.2) is 4.39 Å². The zero-order chi connectivity index (χ0) is 31.5. The summed E-state index contributed by atoms with van der Waals surface area (Å²) in [5.74, 6) is -0.323.